The zero-order valence-electron chi connectivity index (χ0n) is 12.8. The van der Waals surface area contributed by atoms with Crippen LogP contribution in [0.25, 0.3) is 10.9 Å². The van der Waals surface area contributed by atoms with Crippen LogP contribution in [0.1, 0.15) is 37.7 Å². The number of amides is 1. The molecule has 0 aliphatic carbocycles. The molecule has 6 nitrogen and oxygen atoms in total. The van der Waals surface area contributed by atoms with Crippen LogP contribution in [0, 0.1) is 6.92 Å². The molecular formula is C16H22N4O2. The van der Waals surface area contributed by atoms with Gasteiger partial charge >= 0.3 is 0 Å². The lowest BCUT2D eigenvalue weighted by atomic mass is 10.1. The Labute approximate surface area is 129 Å². The van der Waals surface area contributed by atoms with E-state index in [2.05, 4.69) is 15.3 Å². The number of unbranched alkanes of at least 4 members (excludes halogenated alkanes) is 3. The number of carbonyl (C=O) groups is 1. The van der Waals surface area contributed by atoms with Crippen molar-refractivity contribution in [3.8, 4) is 0 Å². The van der Waals surface area contributed by atoms with Crippen molar-refractivity contribution in [3.63, 3.8) is 0 Å². The summed E-state index contributed by atoms with van der Waals surface area (Å²) in [5, 5.41) is 12.8. The molecule has 1 aromatic carbocycles. The molecule has 22 heavy (non-hydrogen) atoms. The van der Waals surface area contributed by atoms with E-state index in [1.54, 1.807) is 11.8 Å². The molecule has 3 N–H and O–H groups in total. The zero-order chi connectivity index (χ0) is 15.8. The average Bonchev–Trinajstić information content (AvgIpc) is 2.54. The van der Waals surface area contributed by atoms with Gasteiger partial charge in [0.05, 0.1) is 5.52 Å². The van der Waals surface area contributed by atoms with Gasteiger partial charge in [0, 0.05) is 18.4 Å². The van der Waals surface area contributed by atoms with E-state index in [0.717, 1.165) is 54.5 Å². The number of anilines is 1. The number of aryl methyl sites for hydroxylation is 1. The largest absolute Gasteiger partial charge is 0.369 e. The van der Waals surface area contributed by atoms with E-state index in [0.29, 0.717) is 6.42 Å². The molecule has 2 rings (SSSR count). The maximum Gasteiger partial charge on any atom is 0.243 e. The van der Waals surface area contributed by atoms with Gasteiger partial charge in [-0.15, -0.1) is 0 Å². The summed E-state index contributed by atoms with van der Waals surface area (Å²) in [5.74, 6) is 0.550. The van der Waals surface area contributed by atoms with Crippen LogP contribution in [0.5, 0.6) is 0 Å². The third-order valence-electron chi connectivity index (χ3n) is 3.61. The first-order valence-corrected chi connectivity index (χ1v) is 7.59. The number of aromatic nitrogens is 2. The van der Waals surface area contributed by atoms with Gasteiger partial charge in [0.25, 0.3) is 0 Å². The van der Waals surface area contributed by atoms with Gasteiger partial charge in [-0.1, -0.05) is 25.0 Å². The Morgan fingerprint density at radius 2 is 2.00 bits per heavy atom. The second-order valence-electron chi connectivity index (χ2n) is 5.32. The second-order valence-corrected chi connectivity index (χ2v) is 5.32. The van der Waals surface area contributed by atoms with E-state index in [4.69, 9.17) is 5.21 Å². The molecule has 0 saturated heterocycles. The summed E-state index contributed by atoms with van der Waals surface area (Å²) in [6.07, 6.45) is 5.78. The molecule has 0 saturated carbocycles. The summed E-state index contributed by atoms with van der Waals surface area (Å²) < 4.78 is 0. The summed E-state index contributed by atoms with van der Waals surface area (Å²) in [7, 11) is 0. The molecule has 0 aliphatic rings. The van der Waals surface area contributed by atoms with Crippen molar-refractivity contribution in [2.24, 2.45) is 0 Å². The van der Waals surface area contributed by atoms with E-state index >= 15 is 0 Å². The van der Waals surface area contributed by atoms with Crippen LogP contribution in [0.2, 0.25) is 0 Å². The monoisotopic (exact) mass is 302 g/mol. The minimum absolute atomic E-state index is 0.319. The topological polar surface area (TPSA) is 87.1 Å². The lowest BCUT2D eigenvalue weighted by Gasteiger charge is -2.09. The van der Waals surface area contributed by atoms with E-state index in [1.807, 2.05) is 25.1 Å². The van der Waals surface area contributed by atoms with Gasteiger partial charge < -0.3 is 5.32 Å². The molecule has 0 atom stereocenters. The van der Waals surface area contributed by atoms with Crippen LogP contribution in [0.4, 0.5) is 5.82 Å². The third kappa shape index (κ3) is 4.39. The molecule has 0 unspecified atom stereocenters. The zero-order valence-corrected chi connectivity index (χ0v) is 12.8. The van der Waals surface area contributed by atoms with Crippen LogP contribution in [0.15, 0.2) is 24.5 Å². The van der Waals surface area contributed by atoms with Gasteiger partial charge in [0.2, 0.25) is 5.91 Å². The van der Waals surface area contributed by atoms with Crippen LogP contribution in [-0.2, 0) is 4.79 Å². The Hall–Kier alpha value is -2.21. The van der Waals surface area contributed by atoms with Crippen LogP contribution < -0.4 is 10.8 Å². The fourth-order valence-corrected chi connectivity index (χ4v) is 2.40. The van der Waals surface area contributed by atoms with Gasteiger partial charge in [-0.05, 0) is 31.4 Å². The SMILES string of the molecule is Cc1cccc2c(NCCCCCCC(=O)NO)ncnc12. The number of hydroxylamine groups is 1. The van der Waals surface area contributed by atoms with Crippen molar-refractivity contribution in [1.82, 2.24) is 15.4 Å². The summed E-state index contributed by atoms with van der Waals surface area (Å²) in [6, 6.07) is 6.08. The van der Waals surface area contributed by atoms with Gasteiger partial charge in [-0.2, -0.15) is 0 Å². The van der Waals surface area contributed by atoms with E-state index < -0.39 is 0 Å². The predicted molar refractivity (Wildman–Crippen MR) is 85.8 cm³/mol. The molecule has 0 spiro atoms. The van der Waals surface area contributed by atoms with Gasteiger partial charge in [-0.3, -0.25) is 10.0 Å². The summed E-state index contributed by atoms with van der Waals surface area (Å²) in [4.78, 5) is 19.5. The van der Waals surface area contributed by atoms with Crippen molar-refractivity contribution < 1.29 is 10.0 Å². The van der Waals surface area contributed by atoms with E-state index in [-0.39, 0.29) is 5.91 Å². The number of para-hydroxylation sites is 1. The first-order chi connectivity index (χ1) is 10.7. The number of nitrogens with zero attached hydrogens (tertiary/aromatic N) is 2. The highest BCUT2D eigenvalue weighted by atomic mass is 16.5. The molecule has 6 heteroatoms. The smallest absolute Gasteiger partial charge is 0.243 e. The third-order valence-corrected chi connectivity index (χ3v) is 3.61. The predicted octanol–water partition coefficient (Wildman–Crippen LogP) is 2.81. The minimum atomic E-state index is -0.319. The molecule has 1 amide bonds. The number of hydrogen-bond acceptors (Lipinski definition) is 5. The summed E-state index contributed by atoms with van der Waals surface area (Å²) >= 11 is 0. The molecule has 0 radical (unpaired) electrons. The van der Waals surface area contributed by atoms with Crippen molar-refractivity contribution in [2.75, 3.05) is 11.9 Å². The standard InChI is InChI=1S/C16H22N4O2/c1-12-7-6-8-13-15(12)18-11-19-16(13)17-10-5-3-2-4-9-14(21)20-22/h6-8,11,22H,2-5,9-10H2,1H3,(H,20,21)(H,17,18,19). The highest BCUT2D eigenvalue weighted by Crippen LogP contribution is 2.21. The molecule has 1 aromatic heterocycles. The maximum absolute atomic E-state index is 10.8. The van der Waals surface area contributed by atoms with Gasteiger partial charge in [-0.25, -0.2) is 15.4 Å². The lowest BCUT2D eigenvalue weighted by Crippen LogP contribution is -2.17. The van der Waals surface area contributed by atoms with Crippen molar-refractivity contribution >= 4 is 22.6 Å². The van der Waals surface area contributed by atoms with Crippen molar-refractivity contribution in [3.05, 3.63) is 30.1 Å². The molecular weight excluding hydrogens is 280 g/mol. The Morgan fingerprint density at radius 1 is 1.18 bits per heavy atom. The first-order valence-electron chi connectivity index (χ1n) is 7.59. The fourth-order valence-electron chi connectivity index (χ4n) is 2.40. The quantitative estimate of drug-likeness (QED) is 0.396. The Kier molecular flexibility index (Phi) is 6.09. The number of benzene rings is 1. The van der Waals surface area contributed by atoms with Gasteiger partial charge in [0.1, 0.15) is 12.1 Å². The number of carbonyl (C=O) groups excluding carboxylic acids is 1. The Balaban J connectivity index is 1.76. The maximum atomic E-state index is 10.8. The molecule has 0 fully saturated rings. The minimum Gasteiger partial charge on any atom is -0.369 e. The van der Waals surface area contributed by atoms with Crippen LogP contribution >= 0.6 is 0 Å². The van der Waals surface area contributed by atoms with E-state index in [1.165, 1.54) is 0 Å². The van der Waals surface area contributed by atoms with E-state index in [9.17, 15) is 4.79 Å². The van der Waals surface area contributed by atoms with Crippen molar-refractivity contribution in [2.45, 2.75) is 39.0 Å². The van der Waals surface area contributed by atoms with Gasteiger partial charge in [0.15, 0.2) is 0 Å². The molecule has 2 aromatic rings. The highest BCUT2D eigenvalue weighted by molar-refractivity contribution is 5.90. The fraction of sp³-hybridized carbons (Fsp3) is 0.438. The van der Waals surface area contributed by atoms with Crippen LogP contribution in [-0.4, -0.2) is 27.6 Å². The summed E-state index contributed by atoms with van der Waals surface area (Å²) in [5.41, 5.74) is 3.77. The molecule has 118 valence electrons. The number of rotatable bonds is 8. The highest BCUT2D eigenvalue weighted by Gasteiger charge is 2.04. The van der Waals surface area contributed by atoms with Crippen LogP contribution in [0.3, 0.4) is 0 Å². The normalized spacial score (nSPS) is 10.6. The number of fused-ring (bicyclic) bond motifs is 1. The summed E-state index contributed by atoms with van der Waals surface area (Å²) in [6.45, 7) is 2.88. The molecule has 0 bridgehead atoms. The molecule has 0 aliphatic heterocycles. The first kappa shape index (κ1) is 16.2. The Bertz CT molecular complexity index is 631. The van der Waals surface area contributed by atoms with Crippen molar-refractivity contribution in [1.29, 1.82) is 0 Å². The average molecular weight is 302 g/mol. The number of hydrogen-bond donors (Lipinski definition) is 3. The molecule has 1 heterocycles. The number of nitrogens with one attached hydrogen (secondary N) is 2. The lowest BCUT2D eigenvalue weighted by molar-refractivity contribution is -0.129. The second kappa shape index (κ2) is 8.29. The Morgan fingerprint density at radius 3 is 2.82 bits per heavy atom.